The highest BCUT2D eigenvalue weighted by Crippen LogP contribution is 2.48. The zero-order valence-electron chi connectivity index (χ0n) is 15.9. The highest BCUT2D eigenvalue weighted by molar-refractivity contribution is 8.00. The quantitative estimate of drug-likeness (QED) is 0.343. The van der Waals surface area contributed by atoms with Crippen LogP contribution in [-0.2, 0) is 4.75 Å². The fourth-order valence-corrected chi connectivity index (χ4v) is 5.05. The Hall–Kier alpha value is -2.29. The summed E-state index contributed by atoms with van der Waals surface area (Å²) in [6.07, 6.45) is 1.96. The molecular weight excluding hydrogens is 346 g/mol. The van der Waals surface area contributed by atoms with Gasteiger partial charge in [0.25, 0.3) is 0 Å². The molecule has 138 valence electrons. The Labute approximate surface area is 167 Å². The second kappa shape index (κ2) is 9.59. The lowest BCUT2D eigenvalue weighted by Crippen LogP contribution is -2.29. The van der Waals surface area contributed by atoms with Crippen LogP contribution >= 0.6 is 11.8 Å². The zero-order chi connectivity index (χ0) is 19.0. The Kier molecular flexibility index (Phi) is 6.92. The normalized spacial score (nSPS) is 11.5. The van der Waals surface area contributed by atoms with Crippen LogP contribution in [0.5, 0.6) is 0 Å². The summed E-state index contributed by atoms with van der Waals surface area (Å²) in [5.74, 6) is 1.03. The van der Waals surface area contributed by atoms with Crippen molar-refractivity contribution in [3.63, 3.8) is 0 Å². The Morgan fingerprint density at radius 3 is 1.56 bits per heavy atom. The van der Waals surface area contributed by atoms with Crippen LogP contribution in [0.15, 0.2) is 104 Å². The van der Waals surface area contributed by atoms with Crippen molar-refractivity contribution in [2.75, 3.05) is 25.9 Å². The molecule has 0 aliphatic carbocycles. The van der Waals surface area contributed by atoms with Gasteiger partial charge in [-0.15, -0.1) is 18.3 Å². The summed E-state index contributed by atoms with van der Waals surface area (Å²) in [5.41, 5.74) is 3.95. The molecule has 0 aliphatic heterocycles. The smallest absolute Gasteiger partial charge is 0.0907 e. The van der Waals surface area contributed by atoms with E-state index in [4.69, 9.17) is 0 Å². The maximum atomic E-state index is 3.85. The van der Waals surface area contributed by atoms with Crippen molar-refractivity contribution in [2.45, 2.75) is 4.75 Å². The molecule has 0 unspecified atom stereocenters. The van der Waals surface area contributed by atoms with Gasteiger partial charge in [0.15, 0.2) is 0 Å². The van der Waals surface area contributed by atoms with Crippen LogP contribution in [0.25, 0.3) is 0 Å². The second-order valence-corrected chi connectivity index (χ2v) is 7.99. The summed E-state index contributed by atoms with van der Waals surface area (Å²) in [4.78, 5) is 2.31. The third-order valence-corrected chi connectivity index (χ3v) is 6.30. The van der Waals surface area contributed by atoms with E-state index in [-0.39, 0.29) is 4.75 Å². The van der Waals surface area contributed by atoms with Crippen LogP contribution in [0.2, 0.25) is 0 Å². The summed E-state index contributed by atoms with van der Waals surface area (Å²) in [6, 6.07) is 32.6. The van der Waals surface area contributed by atoms with E-state index in [1.807, 2.05) is 17.8 Å². The molecule has 0 aromatic heterocycles. The van der Waals surface area contributed by atoms with Gasteiger partial charge in [-0.2, -0.15) is 0 Å². The number of hydrogen-bond donors (Lipinski definition) is 0. The number of thioether (sulfide) groups is 1. The first-order valence-electron chi connectivity index (χ1n) is 9.37. The summed E-state index contributed by atoms with van der Waals surface area (Å²) in [5, 5.41) is 0. The van der Waals surface area contributed by atoms with Gasteiger partial charge in [-0.3, -0.25) is 0 Å². The molecule has 1 nitrogen and oxygen atoms in total. The van der Waals surface area contributed by atoms with E-state index in [2.05, 4.69) is 110 Å². The van der Waals surface area contributed by atoms with E-state index in [0.717, 1.165) is 18.8 Å². The summed E-state index contributed by atoms with van der Waals surface area (Å²) in [6.45, 7) is 5.78. The van der Waals surface area contributed by atoms with Crippen LogP contribution < -0.4 is 0 Å². The van der Waals surface area contributed by atoms with Crippen LogP contribution in [0, 0.1) is 0 Å². The van der Waals surface area contributed by atoms with Gasteiger partial charge in [-0.25, -0.2) is 0 Å². The molecule has 0 heterocycles. The predicted molar refractivity (Wildman–Crippen MR) is 119 cm³/mol. The topological polar surface area (TPSA) is 3.24 Å². The third-order valence-electron chi connectivity index (χ3n) is 4.77. The number of likely N-dealkylation sites (N-methyl/N-ethyl adjacent to an activating group) is 1. The standard InChI is InChI=1S/C25H27NS/c1-3-19-26(2)20-21-27-25(22-13-7-4-8-14-22,23-15-9-5-10-16-23)24-17-11-6-12-18-24/h3-18H,1,19-21H2,2H3. The molecule has 3 aromatic carbocycles. The van der Waals surface area contributed by atoms with Crippen molar-refractivity contribution in [3.05, 3.63) is 120 Å². The summed E-state index contributed by atoms with van der Waals surface area (Å²) < 4.78 is -0.223. The van der Waals surface area contributed by atoms with Gasteiger partial charge in [0, 0.05) is 18.8 Å². The molecule has 0 aliphatic rings. The Morgan fingerprint density at radius 1 is 0.778 bits per heavy atom. The molecule has 0 fully saturated rings. The average Bonchev–Trinajstić information content (AvgIpc) is 2.73. The molecule has 0 N–H and O–H groups in total. The van der Waals surface area contributed by atoms with Crippen LogP contribution in [0.3, 0.4) is 0 Å². The van der Waals surface area contributed by atoms with Gasteiger partial charge in [0.05, 0.1) is 4.75 Å². The largest absolute Gasteiger partial charge is 0.302 e. The van der Waals surface area contributed by atoms with E-state index in [0.29, 0.717) is 0 Å². The van der Waals surface area contributed by atoms with E-state index in [9.17, 15) is 0 Å². The maximum Gasteiger partial charge on any atom is 0.0907 e. The molecule has 0 spiro atoms. The van der Waals surface area contributed by atoms with Crippen LogP contribution in [0.1, 0.15) is 16.7 Å². The SMILES string of the molecule is C=CCN(C)CCSC(c1ccccc1)(c1ccccc1)c1ccccc1. The lowest BCUT2D eigenvalue weighted by Gasteiger charge is -2.36. The fourth-order valence-electron chi connectivity index (χ4n) is 3.43. The van der Waals surface area contributed by atoms with E-state index in [1.165, 1.54) is 16.7 Å². The molecular formula is C25H27NS. The number of rotatable bonds is 9. The van der Waals surface area contributed by atoms with Gasteiger partial charge in [0.2, 0.25) is 0 Å². The van der Waals surface area contributed by atoms with Crippen molar-refractivity contribution < 1.29 is 0 Å². The lowest BCUT2D eigenvalue weighted by atomic mass is 9.84. The van der Waals surface area contributed by atoms with Crippen LogP contribution in [0.4, 0.5) is 0 Å². The highest BCUT2D eigenvalue weighted by Gasteiger charge is 2.36. The highest BCUT2D eigenvalue weighted by atomic mass is 32.2. The molecule has 2 heteroatoms. The van der Waals surface area contributed by atoms with Gasteiger partial charge >= 0.3 is 0 Å². The molecule has 0 saturated carbocycles. The Balaban J connectivity index is 2.07. The average molecular weight is 374 g/mol. The van der Waals surface area contributed by atoms with Crippen LogP contribution in [-0.4, -0.2) is 30.8 Å². The van der Waals surface area contributed by atoms with Crippen molar-refractivity contribution in [3.8, 4) is 0 Å². The molecule has 3 aromatic rings. The fraction of sp³-hybridized carbons (Fsp3) is 0.200. The first-order chi connectivity index (χ1) is 13.3. The van der Waals surface area contributed by atoms with Crippen molar-refractivity contribution in [2.24, 2.45) is 0 Å². The minimum atomic E-state index is -0.223. The molecule has 0 bridgehead atoms. The van der Waals surface area contributed by atoms with Crippen molar-refractivity contribution in [1.82, 2.24) is 4.90 Å². The summed E-state index contributed by atoms with van der Waals surface area (Å²) >= 11 is 2.01. The van der Waals surface area contributed by atoms with Gasteiger partial charge in [0.1, 0.15) is 0 Å². The zero-order valence-corrected chi connectivity index (χ0v) is 16.7. The predicted octanol–water partition coefficient (Wildman–Crippen LogP) is 5.83. The molecule has 27 heavy (non-hydrogen) atoms. The number of hydrogen-bond acceptors (Lipinski definition) is 2. The first kappa shape index (κ1) is 19.5. The maximum absolute atomic E-state index is 3.85. The minimum Gasteiger partial charge on any atom is -0.302 e. The number of benzene rings is 3. The molecule has 0 atom stereocenters. The van der Waals surface area contributed by atoms with E-state index in [1.54, 1.807) is 0 Å². The van der Waals surface area contributed by atoms with Gasteiger partial charge in [-0.1, -0.05) is 97.1 Å². The minimum absolute atomic E-state index is 0.223. The van der Waals surface area contributed by atoms with E-state index < -0.39 is 0 Å². The first-order valence-corrected chi connectivity index (χ1v) is 10.4. The molecule has 0 radical (unpaired) electrons. The van der Waals surface area contributed by atoms with Gasteiger partial charge in [-0.05, 0) is 23.7 Å². The molecule has 3 rings (SSSR count). The van der Waals surface area contributed by atoms with E-state index >= 15 is 0 Å². The third kappa shape index (κ3) is 4.52. The lowest BCUT2D eigenvalue weighted by molar-refractivity contribution is 0.395. The number of nitrogens with zero attached hydrogens (tertiary/aromatic N) is 1. The molecule has 0 saturated heterocycles. The Bertz CT molecular complexity index is 718. The van der Waals surface area contributed by atoms with Crippen molar-refractivity contribution in [1.29, 1.82) is 0 Å². The second-order valence-electron chi connectivity index (χ2n) is 6.68. The van der Waals surface area contributed by atoms with Gasteiger partial charge < -0.3 is 4.90 Å². The molecule has 0 amide bonds. The van der Waals surface area contributed by atoms with Crippen molar-refractivity contribution >= 4 is 11.8 Å². The summed E-state index contributed by atoms with van der Waals surface area (Å²) in [7, 11) is 2.15. The monoisotopic (exact) mass is 373 g/mol. The Morgan fingerprint density at radius 2 is 1.19 bits per heavy atom.